The van der Waals surface area contributed by atoms with Crippen LogP contribution in [0.5, 0.6) is 0 Å². The Morgan fingerprint density at radius 1 is 1.15 bits per heavy atom. The summed E-state index contributed by atoms with van der Waals surface area (Å²) in [4.78, 5) is 4.15. The second kappa shape index (κ2) is 12.7. The molecule has 0 spiro atoms. The van der Waals surface area contributed by atoms with E-state index < -0.39 is 9.84 Å². The molecule has 1 unspecified atom stereocenters. The maximum absolute atomic E-state index is 11.0. The van der Waals surface area contributed by atoms with E-state index in [2.05, 4.69) is 22.5 Å². The minimum absolute atomic E-state index is 0.0421. The lowest BCUT2D eigenvalue weighted by Gasteiger charge is -2.16. The topological polar surface area (TPSA) is 89.0 Å². The fourth-order valence-electron chi connectivity index (χ4n) is 2.06. The lowest BCUT2D eigenvalue weighted by atomic mass is 10.2. The van der Waals surface area contributed by atoms with Gasteiger partial charge in [0.2, 0.25) is 0 Å². The summed E-state index contributed by atoms with van der Waals surface area (Å²) in [6.07, 6.45) is 1.20. The minimum Gasteiger partial charge on any atom is -0.379 e. The Balaban J connectivity index is 2.09. The van der Waals surface area contributed by atoms with E-state index in [1.54, 1.807) is 7.05 Å². The lowest BCUT2D eigenvalue weighted by Crippen LogP contribution is -2.41. The summed E-state index contributed by atoms with van der Waals surface area (Å²) in [5, 5.41) is 6.37. The van der Waals surface area contributed by atoms with Gasteiger partial charge in [-0.25, -0.2) is 8.42 Å². The van der Waals surface area contributed by atoms with Crippen LogP contribution >= 0.6 is 0 Å². The van der Waals surface area contributed by atoms with Crippen LogP contribution in [0.25, 0.3) is 0 Å². The van der Waals surface area contributed by atoms with Crippen molar-refractivity contribution in [2.24, 2.45) is 10.9 Å². The highest BCUT2D eigenvalue weighted by molar-refractivity contribution is 7.90. The molecule has 1 atom stereocenters. The van der Waals surface area contributed by atoms with Crippen molar-refractivity contribution in [1.29, 1.82) is 0 Å². The number of hydrogen-bond acceptors (Lipinski definition) is 5. The van der Waals surface area contributed by atoms with Crippen molar-refractivity contribution >= 4 is 15.8 Å². The number of rotatable bonds is 12. The molecule has 0 bridgehead atoms. The number of guanidine groups is 1. The van der Waals surface area contributed by atoms with E-state index in [0.717, 1.165) is 6.54 Å². The van der Waals surface area contributed by atoms with E-state index in [1.807, 2.05) is 30.3 Å². The third-order valence-electron chi connectivity index (χ3n) is 3.49. The zero-order valence-electron chi connectivity index (χ0n) is 15.9. The van der Waals surface area contributed by atoms with Gasteiger partial charge >= 0.3 is 0 Å². The summed E-state index contributed by atoms with van der Waals surface area (Å²) in [6, 6.07) is 10.1. The number of nitrogens with zero attached hydrogens (tertiary/aromatic N) is 1. The van der Waals surface area contributed by atoms with Gasteiger partial charge in [0.05, 0.1) is 32.2 Å². The zero-order chi connectivity index (χ0) is 19.3. The van der Waals surface area contributed by atoms with E-state index >= 15 is 0 Å². The van der Waals surface area contributed by atoms with Crippen LogP contribution in [-0.4, -0.2) is 66.3 Å². The Kier molecular flexibility index (Phi) is 10.9. The highest BCUT2D eigenvalue weighted by Gasteiger charge is 2.05. The molecule has 1 aromatic carbocycles. The number of hydrogen-bond donors (Lipinski definition) is 2. The fraction of sp³-hybridized carbons (Fsp3) is 0.611. The van der Waals surface area contributed by atoms with E-state index in [9.17, 15) is 8.42 Å². The van der Waals surface area contributed by atoms with E-state index in [1.165, 1.54) is 11.8 Å². The molecule has 26 heavy (non-hydrogen) atoms. The van der Waals surface area contributed by atoms with E-state index in [-0.39, 0.29) is 12.4 Å². The number of ether oxygens (including phenoxy) is 2. The molecule has 148 valence electrons. The Bertz CT molecular complexity index is 621. The predicted molar refractivity (Wildman–Crippen MR) is 105 cm³/mol. The summed E-state index contributed by atoms with van der Waals surface area (Å²) in [5.74, 6) is 1.07. The van der Waals surface area contributed by atoms with Gasteiger partial charge in [-0.15, -0.1) is 0 Å². The first kappa shape index (κ1) is 22.4. The van der Waals surface area contributed by atoms with E-state index in [4.69, 9.17) is 9.47 Å². The monoisotopic (exact) mass is 385 g/mol. The van der Waals surface area contributed by atoms with Crippen molar-refractivity contribution in [1.82, 2.24) is 10.6 Å². The van der Waals surface area contributed by atoms with Crippen molar-refractivity contribution in [2.45, 2.75) is 13.5 Å². The van der Waals surface area contributed by atoms with E-state index in [0.29, 0.717) is 38.2 Å². The lowest BCUT2D eigenvalue weighted by molar-refractivity contribution is 0.0931. The Morgan fingerprint density at radius 3 is 2.54 bits per heavy atom. The molecule has 0 radical (unpaired) electrons. The van der Waals surface area contributed by atoms with Crippen LogP contribution in [-0.2, 0) is 25.9 Å². The van der Waals surface area contributed by atoms with Crippen LogP contribution in [0.3, 0.4) is 0 Å². The quantitative estimate of drug-likeness (QED) is 0.318. The molecule has 8 heteroatoms. The molecule has 0 heterocycles. The second-order valence-corrected chi connectivity index (χ2v) is 8.49. The van der Waals surface area contributed by atoms with Crippen LogP contribution in [0.4, 0.5) is 0 Å². The van der Waals surface area contributed by atoms with Gasteiger partial charge in [0.25, 0.3) is 0 Å². The van der Waals surface area contributed by atoms with Gasteiger partial charge in [0.15, 0.2) is 5.96 Å². The standard InChI is InChI=1S/C18H31N3O4S/c1-16(14-25-15-17-7-5-4-6-8-17)13-21-18(19-2)20-9-10-24-11-12-26(3,22)23/h4-8,16H,9-15H2,1-3H3,(H2,19,20,21). The summed E-state index contributed by atoms with van der Waals surface area (Å²) >= 11 is 0. The van der Waals surface area contributed by atoms with Gasteiger partial charge in [-0.2, -0.15) is 0 Å². The molecule has 7 nitrogen and oxygen atoms in total. The summed E-state index contributed by atoms with van der Waals surface area (Å²) < 4.78 is 33.0. The third kappa shape index (κ3) is 11.8. The molecule has 0 aliphatic heterocycles. The SMILES string of the molecule is CN=C(NCCOCCS(C)(=O)=O)NCC(C)COCc1ccccc1. The smallest absolute Gasteiger partial charge is 0.191 e. The molecule has 0 fully saturated rings. The van der Waals surface area contributed by atoms with Crippen molar-refractivity contribution in [3.8, 4) is 0 Å². The number of nitrogens with one attached hydrogen (secondary N) is 2. The Labute approximate surface area is 157 Å². The van der Waals surface area contributed by atoms with Gasteiger partial charge in [-0.1, -0.05) is 37.3 Å². The molecule has 2 N–H and O–H groups in total. The number of benzene rings is 1. The highest BCUT2D eigenvalue weighted by atomic mass is 32.2. The van der Waals surface area contributed by atoms with Crippen LogP contribution in [0, 0.1) is 5.92 Å². The van der Waals surface area contributed by atoms with Crippen LogP contribution in [0.15, 0.2) is 35.3 Å². The average molecular weight is 386 g/mol. The molecule has 0 aliphatic carbocycles. The van der Waals surface area contributed by atoms with Crippen molar-refractivity contribution < 1.29 is 17.9 Å². The molecule has 0 amide bonds. The average Bonchev–Trinajstić information content (AvgIpc) is 2.60. The van der Waals surface area contributed by atoms with Crippen LogP contribution in [0.2, 0.25) is 0 Å². The predicted octanol–water partition coefficient (Wildman–Crippen LogP) is 1.07. The van der Waals surface area contributed by atoms with Crippen molar-refractivity contribution in [2.75, 3.05) is 52.0 Å². The maximum Gasteiger partial charge on any atom is 0.191 e. The van der Waals surface area contributed by atoms with Gasteiger partial charge < -0.3 is 20.1 Å². The summed E-state index contributed by atoms with van der Waals surface area (Å²) in [5.41, 5.74) is 1.17. The van der Waals surface area contributed by atoms with Crippen molar-refractivity contribution in [3.05, 3.63) is 35.9 Å². The first-order chi connectivity index (χ1) is 12.4. The first-order valence-corrected chi connectivity index (χ1v) is 10.8. The zero-order valence-corrected chi connectivity index (χ0v) is 16.7. The minimum atomic E-state index is -2.97. The third-order valence-corrected chi connectivity index (χ3v) is 4.40. The molecule has 0 aliphatic rings. The summed E-state index contributed by atoms with van der Waals surface area (Å²) in [7, 11) is -1.26. The van der Waals surface area contributed by atoms with Gasteiger partial charge in [0.1, 0.15) is 9.84 Å². The number of sulfone groups is 1. The highest BCUT2D eigenvalue weighted by Crippen LogP contribution is 2.02. The molecule has 1 rings (SSSR count). The molecule has 0 saturated heterocycles. The normalized spacial score (nSPS) is 13.4. The second-order valence-electron chi connectivity index (χ2n) is 6.23. The molecule has 0 aromatic heterocycles. The van der Waals surface area contributed by atoms with Gasteiger partial charge in [0, 0.05) is 26.4 Å². The largest absolute Gasteiger partial charge is 0.379 e. The maximum atomic E-state index is 11.0. The Hall–Kier alpha value is -1.64. The first-order valence-electron chi connectivity index (χ1n) is 8.72. The molecule has 0 saturated carbocycles. The van der Waals surface area contributed by atoms with Gasteiger partial charge in [-0.05, 0) is 11.5 Å². The van der Waals surface area contributed by atoms with Crippen LogP contribution in [0.1, 0.15) is 12.5 Å². The summed E-state index contributed by atoms with van der Waals surface area (Å²) in [6.45, 7) is 5.32. The Morgan fingerprint density at radius 2 is 1.88 bits per heavy atom. The van der Waals surface area contributed by atoms with Gasteiger partial charge in [-0.3, -0.25) is 4.99 Å². The van der Waals surface area contributed by atoms with Crippen molar-refractivity contribution in [3.63, 3.8) is 0 Å². The molecular weight excluding hydrogens is 354 g/mol. The molecule has 1 aromatic rings. The van der Waals surface area contributed by atoms with Crippen LogP contribution < -0.4 is 10.6 Å². The fourth-order valence-corrected chi connectivity index (χ4v) is 2.48. The molecular formula is C18H31N3O4S. The number of aliphatic imine (C=N–C) groups is 1.